The van der Waals surface area contributed by atoms with Crippen LogP contribution >= 0.6 is 0 Å². The van der Waals surface area contributed by atoms with Gasteiger partial charge in [-0.05, 0) is 61.2 Å². The average Bonchev–Trinajstić information content (AvgIpc) is 2.75. The van der Waals surface area contributed by atoms with Crippen molar-refractivity contribution >= 4 is 15.9 Å². The lowest BCUT2D eigenvalue weighted by Gasteiger charge is -2.35. The molecule has 0 radical (unpaired) electrons. The van der Waals surface area contributed by atoms with Gasteiger partial charge in [0.25, 0.3) is 5.91 Å². The van der Waals surface area contributed by atoms with E-state index in [-0.39, 0.29) is 22.7 Å². The van der Waals surface area contributed by atoms with Gasteiger partial charge in [0, 0.05) is 25.2 Å². The lowest BCUT2D eigenvalue weighted by molar-refractivity contribution is 0.0676. The van der Waals surface area contributed by atoms with Gasteiger partial charge in [0.2, 0.25) is 10.0 Å². The molecular weight excluding hydrogens is 407 g/mol. The monoisotopic (exact) mass is 432 g/mol. The van der Waals surface area contributed by atoms with Crippen LogP contribution in [0.15, 0.2) is 41.3 Å². The number of hydrogen-bond donors (Lipinski definition) is 0. The molecule has 30 heavy (non-hydrogen) atoms. The summed E-state index contributed by atoms with van der Waals surface area (Å²) < 4.78 is 46.7. The van der Waals surface area contributed by atoms with E-state index < -0.39 is 10.0 Å². The Bertz CT molecular complexity index is 1080. The van der Waals surface area contributed by atoms with E-state index in [4.69, 9.17) is 4.74 Å². The minimum absolute atomic E-state index is 0.145. The number of carbonyl (C=O) groups is 1. The van der Waals surface area contributed by atoms with E-state index in [0.717, 1.165) is 11.1 Å². The predicted octanol–water partition coefficient (Wildman–Crippen LogP) is 2.91. The summed E-state index contributed by atoms with van der Waals surface area (Å²) in [5.41, 5.74) is 2.74. The van der Waals surface area contributed by atoms with Gasteiger partial charge in [-0.2, -0.15) is 4.31 Å². The third kappa shape index (κ3) is 3.75. The van der Waals surface area contributed by atoms with Gasteiger partial charge in [-0.25, -0.2) is 12.8 Å². The molecule has 0 saturated carbocycles. The second kappa shape index (κ2) is 8.09. The van der Waals surface area contributed by atoms with Crippen LogP contribution in [0.3, 0.4) is 0 Å². The van der Waals surface area contributed by atoms with Crippen LogP contribution in [0.4, 0.5) is 4.39 Å². The number of aryl methyl sites for hydroxylation is 1. The highest BCUT2D eigenvalue weighted by Crippen LogP contribution is 2.32. The Labute approximate surface area is 176 Å². The fourth-order valence-electron chi connectivity index (χ4n) is 4.17. The number of halogens is 1. The number of benzene rings is 2. The highest BCUT2D eigenvalue weighted by Gasteiger charge is 2.31. The van der Waals surface area contributed by atoms with Crippen molar-refractivity contribution in [3.8, 4) is 0 Å². The molecule has 0 aromatic heterocycles. The Morgan fingerprint density at radius 2 is 1.83 bits per heavy atom. The standard InChI is InChI=1S/C22H25FN2O4S/c1-15-3-4-18(13-21(15)30(27,28)24-9-11-29-12-10-24)22(26)25-8-7-17-5-6-19(23)14-20(17)16(25)2/h3-6,13-14,16H,7-12H2,1-2H3. The lowest BCUT2D eigenvalue weighted by Crippen LogP contribution is -2.41. The second-order valence-electron chi connectivity index (χ2n) is 7.76. The SMILES string of the molecule is Cc1ccc(C(=O)N2CCc3ccc(F)cc3C2C)cc1S(=O)(=O)N1CCOCC1. The molecule has 0 bridgehead atoms. The van der Waals surface area contributed by atoms with Gasteiger partial charge in [0.1, 0.15) is 5.82 Å². The Morgan fingerprint density at radius 3 is 2.57 bits per heavy atom. The van der Waals surface area contributed by atoms with Crippen molar-refractivity contribution in [2.75, 3.05) is 32.8 Å². The zero-order chi connectivity index (χ0) is 21.5. The Morgan fingerprint density at radius 1 is 1.10 bits per heavy atom. The van der Waals surface area contributed by atoms with Gasteiger partial charge in [0.05, 0.1) is 24.2 Å². The quantitative estimate of drug-likeness (QED) is 0.748. The zero-order valence-electron chi connectivity index (χ0n) is 17.1. The molecule has 2 aromatic rings. The molecule has 2 heterocycles. The van der Waals surface area contributed by atoms with E-state index >= 15 is 0 Å². The molecule has 4 rings (SSSR count). The molecule has 1 unspecified atom stereocenters. The molecule has 1 amide bonds. The number of nitrogens with zero attached hydrogens (tertiary/aromatic N) is 2. The Kier molecular flexibility index (Phi) is 5.65. The third-order valence-corrected chi connectivity index (χ3v) is 7.97. The van der Waals surface area contributed by atoms with Crippen molar-refractivity contribution in [3.63, 3.8) is 0 Å². The second-order valence-corrected chi connectivity index (χ2v) is 9.67. The zero-order valence-corrected chi connectivity index (χ0v) is 17.9. The molecular formula is C22H25FN2O4S. The summed E-state index contributed by atoms with van der Waals surface area (Å²) in [4.78, 5) is 15.1. The summed E-state index contributed by atoms with van der Waals surface area (Å²) in [5, 5.41) is 0. The number of carbonyl (C=O) groups excluding carboxylic acids is 1. The van der Waals surface area contributed by atoms with Gasteiger partial charge in [-0.15, -0.1) is 0 Å². The number of amides is 1. The van der Waals surface area contributed by atoms with Crippen molar-refractivity contribution in [2.24, 2.45) is 0 Å². The molecule has 8 heteroatoms. The van der Waals surface area contributed by atoms with Gasteiger partial charge in [-0.1, -0.05) is 12.1 Å². The van der Waals surface area contributed by atoms with Gasteiger partial charge < -0.3 is 9.64 Å². The van der Waals surface area contributed by atoms with Crippen molar-refractivity contribution < 1.29 is 22.3 Å². The van der Waals surface area contributed by atoms with E-state index in [1.807, 2.05) is 6.92 Å². The molecule has 0 aliphatic carbocycles. The van der Waals surface area contributed by atoms with Crippen molar-refractivity contribution in [2.45, 2.75) is 31.2 Å². The van der Waals surface area contributed by atoms with E-state index in [1.54, 1.807) is 30.0 Å². The maximum Gasteiger partial charge on any atom is 0.254 e. The number of morpholine rings is 1. The van der Waals surface area contributed by atoms with Crippen molar-refractivity contribution in [3.05, 3.63) is 64.5 Å². The summed E-state index contributed by atoms with van der Waals surface area (Å²) >= 11 is 0. The number of rotatable bonds is 3. The van der Waals surface area contributed by atoms with Crippen molar-refractivity contribution in [1.29, 1.82) is 0 Å². The molecule has 6 nitrogen and oxygen atoms in total. The molecule has 1 fully saturated rings. The third-order valence-electron chi connectivity index (χ3n) is 5.93. The normalized spacial score (nSPS) is 20.1. The predicted molar refractivity (Wildman–Crippen MR) is 110 cm³/mol. The lowest BCUT2D eigenvalue weighted by atomic mass is 9.93. The maximum absolute atomic E-state index is 13.7. The number of sulfonamides is 1. The van der Waals surface area contributed by atoms with Crippen LogP contribution in [0.2, 0.25) is 0 Å². The smallest absolute Gasteiger partial charge is 0.254 e. The first kappa shape index (κ1) is 21.0. The van der Waals surface area contributed by atoms with Gasteiger partial charge in [-0.3, -0.25) is 4.79 Å². The van der Waals surface area contributed by atoms with Gasteiger partial charge >= 0.3 is 0 Å². The largest absolute Gasteiger partial charge is 0.379 e. The first-order valence-electron chi connectivity index (χ1n) is 10.1. The Balaban J connectivity index is 1.65. The van der Waals surface area contributed by atoms with Crippen molar-refractivity contribution in [1.82, 2.24) is 9.21 Å². The van der Waals surface area contributed by atoms with Crippen LogP contribution in [0.1, 0.15) is 40.0 Å². The molecule has 2 aliphatic heterocycles. The minimum Gasteiger partial charge on any atom is -0.379 e. The Hall–Kier alpha value is -2.29. The fraction of sp³-hybridized carbons (Fsp3) is 0.409. The molecule has 1 atom stereocenters. The summed E-state index contributed by atoms with van der Waals surface area (Å²) in [6, 6.07) is 9.18. The molecule has 160 valence electrons. The summed E-state index contributed by atoms with van der Waals surface area (Å²) in [5.74, 6) is -0.583. The molecule has 2 aliphatic rings. The topological polar surface area (TPSA) is 66.9 Å². The number of hydrogen-bond acceptors (Lipinski definition) is 4. The van der Waals surface area contributed by atoms with E-state index in [1.165, 1.54) is 22.5 Å². The van der Waals surface area contributed by atoms with E-state index in [2.05, 4.69) is 0 Å². The fourth-order valence-corrected chi connectivity index (χ4v) is 5.82. The van der Waals surface area contributed by atoms with E-state index in [9.17, 15) is 17.6 Å². The highest BCUT2D eigenvalue weighted by atomic mass is 32.2. The molecule has 2 aromatic carbocycles. The summed E-state index contributed by atoms with van der Waals surface area (Å²) in [6.07, 6.45) is 0.635. The molecule has 0 spiro atoms. The first-order chi connectivity index (χ1) is 14.3. The highest BCUT2D eigenvalue weighted by molar-refractivity contribution is 7.89. The average molecular weight is 433 g/mol. The number of ether oxygens (including phenoxy) is 1. The molecule has 1 saturated heterocycles. The van der Waals surface area contributed by atoms with Crippen LogP contribution < -0.4 is 0 Å². The van der Waals surface area contributed by atoms with Crippen LogP contribution in [-0.2, 0) is 21.2 Å². The summed E-state index contributed by atoms with van der Waals surface area (Å²) in [7, 11) is -3.71. The van der Waals surface area contributed by atoms with Crippen LogP contribution in [0.5, 0.6) is 0 Å². The van der Waals surface area contributed by atoms with Gasteiger partial charge in [0.15, 0.2) is 0 Å². The first-order valence-corrected chi connectivity index (χ1v) is 11.5. The van der Waals surface area contributed by atoms with Crippen LogP contribution in [-0.4, -0.2) is 56.4 Å². The van der Waals surface area contributed by atoms with Crippen LogP contribution in [0, 0.1) is 12.7 Å². The number of fused-ring (bicyclic) bond motifs is 1. The van der Waals surface area contributed by atoms with Crippen LogP contribution in [0.25, 0.3) is 0 Å². The summed E-state index contributed by atoms with van der Waals surface area (Å²) in [6.45, 7) is 5.41. The molecule has 0 N–H and O–H groups in total. The minimum atomic E-state index is -3.71. The van der Waals surface area contributed by atoms with E-state index in [0.29, 0.717) is 50.4 Å². The maximum atomic E-state index is 13.7.